The van der Waals surface area contributed by atoms with E-state index in [-0.39, 0.29) is 18.6 Å². The van der Waals surface area contributed by atoms with Crippen molar-refractivity contribution in [3.8, 4) is 0 Å². The van der Waals surface area contributed by atoms with E-state index in [2.05, 4.69) is 22.3 Å². The van der Waals surface area contributed by atoms with Gasteiger partial charge in [0.2, 0.25) is 5.91 Å². The van der Waals surface area contributed by atoms with Gasteiger partial charge in [-0.15, -0.1) is 0 Å². The monoisotopic (exact) mass is 262 g/mol. The predicted octanol–water partition coefficient (Wildman–Crippen LogP) is 0.802. The second-order valence-corrected chi connectivity index (χ2v) is 5.03. The standard InChI is InChI=1S/C15H22N2O2/c18-12-14-7-4-10-17(14)11-15(19)16-9-8-13-5-2-1-3-6-13/h1-3,5-6,14,18H,4,7-12H2,(H,16,19)/t14-/m0/s1. The van der Waals surface area contributed by atoms with Crippen LogP contribution in [-0.4, -0.2) is 48.2 Å². The minimum absolute atomic E-state index is 0.0521. The van der Waals surface area contributed by atoms with Gasteiger partial charge in [-0.2, -0.15) is 0 Å². The van der Waals surface area contributed by atoms with Crippen LogP contribution in [0.2, 0.25) is 0 Å². The molecule has 0 saturated carbocycles. The fourth-order valence-corrected chi connectivity index (χ4v) is 2.54. The summed E-state index contributed by atoms with van der Waals surface area (Å²) in [7, 11) is 0. The quantitative estimate of drug-likeness (QED) is 0.797. The predicted molar refractivity (Wildman–Crippen MR) is 74.8 cm³/mol. The van der Waals surface area contributed by atoms with E-state index in [9.17, 15) is 9.90 Å². The first-order valence-electron chi connectivity index (χ1n) is 6.95. The molecule has 0 spiro atoms. The lowest BCUT2D eigenvalue weighted by atomic mass is 10.1. The summed E-state index contributed by atoms with van der Waals surface area (Å²) in [6.07, 6.45) is 2.92. The number of rotatable bonds is 6. The van der Waals surface area contributed by atoms with E-state index in [1.165, 1.54) is 5.56 Å². The third kappa shape index (κ3) is 4.33. The highest BCUT2D eigenvalue weighted by Gasteiger charge is 2.25. The van der Waals surface area contributed by atoms with E-state index in [0.29, 0.717) is 13.1 Å². The molecule has 1 aromatic carbocycles. The van der Waals surface area contributed by atoms with Crippen LogP contribution >= 0.6 is 0 Å². The molecule has 19 heavy (non-hydrogen) atoms. The molecule has 104 valence electrons. The van der Waals surface area contributed by atoms with Crippen LogP contribution < -0.4 is 5.32 Å². The zero-order valence-electron chi connectivity index (χ0n) is 11.2. The summed E-state index contributed by atoms with van der Waals surface area (Å²) in [6.45, 7) is 2.13. The van der Waals surface area contributed by atoms with Crippen LogP contribution in [0.1, 0.15) is 18.4 Å². The Bertz CT molecular complexity index is 394. The Balaban J connectivity index is 1.67. The zero-order valence-corrected chi connectivity index (χ0v) is 11.2. The molecule has 4 nitrogen and oxygen atoms in total. The van der Waals surface area contributed by atoms with Crippen molar-refractivity contribution in [3.05, 3.63) is 35.9 Å². The molecule has 1 saturated heterocycles. The van der Waals surface area contributed by atoms with Gasteiger partial charge in [0.25, 0.3) is 0 Å². The van der Waals surface area contributed by atoms with Gasteiger partial charge in [0.1, 0.15) is 0 Å². The van der Waals surface area contributed by atoms with Gasteiger partial charge in [-0.1, -0.05) is 30.3 Å². The lowest BCUT2D eigenvalue weighted by Crippen LogP contribution is -2.41. The highest BCUT2D eigenvalue weighted by atomic mass is 16.3. The number of hydrogen-bond donors (Lipinski definition) is 2. The molecule has 4 heteroatoms. The maximum Gasteiger partial charge on any atom is 0.234 e. The number of aliphatic hydroxyl groups is 1. The van der Waals surface area contributed by atoms with Crippen molar-refractivity contribution in [1.82, 2.24) is 10.2 Å². The number of carbonyl (C=O) groups excluding carboxylic acids is 1. The number of amides is 1. The zero-order chi connectivity index (χ0) is 13.5. The number of likely N-dealkylation sites (tertiary alicyclic amines) is 1. The molecule has 1 amide bonds. The van der Waals surface area contributed by atoms with Gasteiger partial charge in [0, 0.05) is 12.6 Å². The molecule has 2 rings (SSSR count). The Labute approximate surface area is 114 Å². The van der Waals surface area contributed by atoms with E-state index in [1.54, 1.807) is 0 Å². The number of nitrogens with zero attached hydrogens (tertiary/aromatic N) is 1. The minimum atomic E-state index is 0.0521. The normalized spacial score (nSPS) is 19.5. The van der Waals surface area contributed by atoms with E-state index in [4.69, 9.17) is 0 Å². The molecule has 1 aromatic rings. The molecule has 0 unspecified atom stereocenters. The van der Waals surface area contributed by atoms with Crippen molar-refractivity contribution in [1.29, 1.82) is 0 Å². The van der Waals surface area contributed by atoms with Gasteiger partial charge in [-0.3, -0.25) is 9.69 Å². The highest BCUT2D eigenvalue weighted by Crippen LogP contribution is 2.15. The average Bonchev–Trinajstić information content (AvgIpc) is 2.87. The minimum Gasteiger partial charge on any atom is -0.395 e. The molecular formula is C15H22N2O2. The van der Waals surface area contributed by atoms with Crippen molar-refractivity contribution in [2.24, 2.45) is 0 Å². The van der Waals surface area contributed by atoms with Gasteiger partial charge < -0.3 is 10.4 Å². The first-order valence-corrected chi connectivity index (χ1v) is 6.95. The first-order chi connectivity index (χ1) is 9.29. The number of benzene rings is 1. The van der Waals surface area contributed by atoms with Crippen molar-refractivity contribution in [2.45, 2.75) is 25.3 Å². The highest BCUT2D eigenvalue weighted by molar-refractivity contribution is 5.78. The Morgan fingerprint density at radius 3 is 2.89 bits per heavy atom. The molecule has 0 radical (unpaired) electrons. The molecule has 0 aromatic heterocycles. The smallest absolute Gasteiger partial charge is 0.234 e. The third-order valence-corrected chi connectivity index (χ3v) is 3.64. The molecule has 1 aliphatic heterocycles. The number of hydrogen-bond acceptors (Lipinski definition) is 3. The van der Waals surface area contributed by atoms with Gasteiger partial charge in [0.15, 0.2) is 0 Å². The lowest BCUT2D eigenvalue weighted by molar-refractivity contribution is -0.122. The molecule has 1 aliphatic rings. The van der Waals surface area contributed by atoms with Crippen molar-refractivity contribution in [2.75, 3.05) is 26.2 Å². The second-order valence-electron chi connectivity index (χ2n) is 5.03. The lowest BCUT2D eigenvalue weighted by Gasteiger charge is -2.21. The van der Waals surface area contributed by atoms with Crippen LogP contribution in [0.15, 0.2) is 30.3 Å². The summed E-state index contributed by atoms with van der Waals surface area (Å²) in [5.41, 5.74) is 1.23. The fraction of sp³-hybridized carbons (Fsp3) is 0.533. The number of nitrogens with one attached hydrogen (secondary N) is 1. The Kier molecular flexibility index (Phi) is 5.36. The van der Waals surface area contributed by atoms with Gasteiger partial charge >= 0.3 is 0 Å². The van der Waals surface area contributed by atoms with E-state index in [0.717, 1.165) is 25.8 Å². The molecule has 0 aliphatic carbocycles. The first kappa shape index (κ1) is 14.0. The van der Waals surface area contributed by atoms with Crippen LogP contribution in [0.5, 0.6) is 0 Å². The van der Waals surface area contributed by atoms with Gasteiger partial charge in [0.05, 0.1) is 13.2 Å². The van der Waals surface area contributed by atoms with Crippen LogP contribution in [0.25, 0.3) is 0 Å². The summed E-state index contributed by atoms with van der Waals surface area (Å²) >= 11 is 0. The SMILES string of the molecule is O=C(CN1CCC[C@H]1CO)NCCc1ccccc1. The maximum atomic E-state index is 11.8. The summed E-state index contributed by atoms with van der Waals surface area (Å²) in [4.78, 5) is 13.9. The van der Waals surface area contributed by atoms with Crippen LogP contribution in [-0.2, 0) is 11.2 Å². The molecule has 1 fully saturated rings. The average molecular weight is 262 g/mol. The summed E-state index contributed by atoms with van der Waals surface area (Å²) in [6, 6.07) is 10.3. The Morgan fingerprint density at radius 2 is 2.16 bits per heavy atom. The molecule has 2 N–H and O–H groups in total. The Hall–Kier alpha value is -1.39. The van der Waals surface area contributed by atoms with E-state index in [1.807, 2.05) is 18.2 Å². The summed E-state index contributed by atoms with van der Waals surface area (Å²) in [5.74, 6) is 0.0521. The van der Waals surface area contributed by atoms with Gasteiger partial charge in [-0.25, -0.2) is 0 Å². The molecule has 1 atom stereocenters. The largest absolute Gasteiger partial charge is 0.395 e. The van der Waals surface area contributed by atoms with Crippen LogP contribution in [0, 0.1) is 0 Å². The van der Waals surface area contributed by atoms with E-state index >= 15 is 0 Å². The summed E-state index contributed by atoms with van der Waals surface area (Å²) in [5, 5.41) is 12.1. The third-order valence-electron chi connectivity index (χ3n) is 3.64. The number of carbonyl (C=O) groups is 1. The molecule has 0 bridgehead atoms. The van der Waals surface area contributed by atoms with Gasteiger partial charge in [-0.05, 0) is 31.4 Å². The van der Waals surface area contributed by atoms with E-state index < -0.39 is 0 Å². The summed E-state index contributed by atoms with van der Waals surface area (Å²) < 4.78 is 0. The fourth-order valence-electron chi connectivity index (χ4n) is 2.54. The van der Waals surface area contributed by atoms with Crippen molar-refractivity contribution >= 4 is 5.91 Å². The van der Waals surface area contributed by atoms with Crippen LogP contribution in [0.3, 0.4) is 0 Å². The van der Waals surface area contributed by atoms with Crippen molar-refractivity contribution < 1.29 is 9.90 Å². The molecular weight excluding hydrogens is 240 g/mol. The molecule has 1 heterocycles. The number of aliphatic hydroxyl groups excluding tert-OH is 1. The topological polar surface area (TPSA) is 52.6 Å². The van der Waals surface area contributed by atoms with Crippen LogP contribution in [0.4, 0.5) is 0 Å². The second kappa shape index (κ2) is 7.26. The van der Waals surface area contributed by atoms with Crippen molar-refractivity contribution in [3.63, 3.8) is 0 Å². The Morgan fingerprint density at radius 1 is 1.37 bits per heavy atom. The maximum absolute atomic E-state index is 11.8.